The van der Waals surface area contributed by atoms with Crippen molar-refractivity contribution in [3.8, 4) is 0 Å². The first-order chi connectivity index (χ1) is 12.2. The highest BCUT2D eigenvalue weighted by molar-refractivity contribution is 5.12. The van der Waals surface area contributed by atoms with Gasteiger partial charge in [0, 0.05) is 50.7 Å². The molecule has 0 saturated carbocycles. The highest BCUT2D eigenvalue weighted by Gasteiger charge is 2.47. The quantitative estimate of drug-likeness (QED) is 0.838. The van der Waals surface area contributed by atoms with Crippen molar-refractivity contribution in [2.75, 3.05) is 19.7 Å². The van der Waals surface area contributed by atoms with Gasteiger partial charge >= 0.3 is 0 Å². The van der Waals surface area contributed by atoms with Crippen LogP contribution in [0.4, 0.5) is 0 Å². The lowest BCUT2D eigenvalue weighted by molar-refractivity contribution is -0.200. The summed E-state index contributed by atoms with van der Waals surface area (Å²) in [6.45, 7) is 6.32. The first-order valence-corrected chi connectivity index (χ1v) is 9.00. The molecule has 132 valence electrons. The Morgan fingerprint density at radius 2 is 2.08 bits per heavy atom. The van der Waals surface area contributed by atoms with E-state index in [1.165, 1.54) is 5.56 Å². The van der Waals surface area contributed by atoms with Gasteiger partial charge in [0.15, 0.2) is 0 Å². The second-order valence-corrected chi connectivity index (χ2v) is 7.23. The van der Waals surface area contributed by atoms with E-state index in [-0.39, 0.29) is 11.7 Å². The van der Waals surface area contributed by atoms with Crippen molar-refractivity contribution in [1.29, 1.82) is 0 Å². The minimum atomic E-state index is -0.0179. The largest absolute Gasteiger partial charge is 0.372 e. The SMILES string of the molecule is Cc1cccc(CO[C@@H]2CCOC3(C2)CN(Cc2ccncc2)C3)n1. The highest BCUT2D eigenvalue weighted by Crippen LogP contribution is 2.36. The van der Waals surface area contributed by atoms with Gasteiger partial charge in [-0.15, -0.1) is 0 Å². The molecule has 2 fully saturated rings. The number of aryl methyl sites for hydroxylation is 1. The number of aromatic nitrogens is 2. The monoisotopic (exact) mass is 339 g/mol. The van der Waals surface area contributed by atoms with E-state index in [4.69, 9.17) is 9.47 Å². The Kier molecular flexibility index (Phi) is 4.79. The van der Waals surface area contributed by atoms with Gasteiger partial charge in [0.25, 0.3) is 0 Å². The Balaban J connectivity index is 1.27. The minimum Gasteiger partial charge on any atom is -0.372 e. The summed E-state index contributed by atoms with van der Waals surface area (Å²) in [7, 11) is 0. The third-order valence-corrected chi connectivity index (χ3v) is 5.04. The Morgan fingerprint density at radius 1 is 1.24 bits per heavy atom. The molecule has 5 heteroatoms. The van der Waals surface area contributed by atoms with Crippen LogP contribution in [0.25, 0.3) is 0 Å². The van der Waals surface area contributed by atoms with Gasteiger partial charge in [-0.05, 0) is 43.2 Å². The van der Waals surface area contributed by atoms with Crippen LogP contribution in [0, 0.1) is 6.92 Å². The van der Waals surface area contributed by atoms with Crippen LogP contribution in [0.5, 0.6) is 0 Å². The third kappa shape index (κ3) is 4.06. The first kappa shape index (κ1) is 16.6. The standard InChI is InChI=1S/C20H25N3O2/c1-16-3-2-4-18(22-16)13-24-19-7-10-25-20(11-19)14-23(15-20)12-17-5-8-21-9-6-17/h2-6,8-9,19H,7,10-15H2,1H3/t19-/m1/s1. The molecule has 2 saturated heterocycles. The van der Waals surface area contributed by atoms with E-state index < -0.39 is 0 Å². The van der Waals surface area contributed by atoms with Crippen molar-refractivity contribution in [2.24, 2.45) is 0 Å². The number of ether oxygens (including phenoxy) is 2. The molecule has 2 aliphatic rings. The Hall–Kier alpha value is -1.82. The number of likely N-dealkylation sites (tertiary alicyclic amines) is 1. The zero-order valence-corrected chi connectivity index (χ0v) is 14.7. The second-order valence-electron chi connectivity index (χ2n) is 7.23. The molecule has 0 unspecified atom stereocenters. The average molecular weight is 339 g/mol. The van der Waals surface area contributed by atoms with Gasteiger partial charge in [0.05, 0.1) is 24.0 Å². The van der Waals surface area contributed by atoms with Crippen molar-refractivity contribution >= 4 is 0 Å². The maximum absolute atomic E-state index is 6.14. The molecule has 1 spiro atoms. The van der Waals surface area contributed by atoms with Crippen molar-refractivity contribution in [2.45, 2.75) is 44.6 Å². The fraction of sp³-hybridized carbons (Fsp3) is 0.500. The van der Waals surface area contributed by atoms with Crippen LogP contribution in [0.2, 0.25) is 0 Å². The Morgan fingerprint density at radius 3 is 2.88 bits per heavy atom. The molecule has 1 atom stereocenters. The molecule has 4 rings (SSSR count). The number of hydrogen-bond acceptors (Lipinski definition) is 5. The summed E-state index contributed by atoms with van der Waals surface area (Å²) in [5.41, 5.74) is 3.33. The summed E-state index contributed by atoms with van der Waals surface area (Å²) < 4.78 is 12.3. The minimum absolute atomic E-state index is 0.0179. The predicted octanol–water partition coefficient (Wildman–Crippen LogP) is 2.74. The average Bonchev–Trinajstić information content (AvgIpc) is 2.60. The molecule has 0 N–H and O–H groups in total. The van der Waals surface area contributed by atoms with Crippen LogP contribution in [0.3, 0.4) is 0 Å². The van der Waals surface area contributed by atoms with Crippen molar-refractivity contribution in [1.82, 2.24) is 14.9 Å². The first-order valence-electron chi connectivity index (χ1n) is 9.00. The lowest BCUT2D eigenvalue weighted by Crippen LogP contribution is -2.65. The van der Waals surface area contributed by atoms with Crippen molar-refractivity contribution in [3.05, 3.63) is 59.7 Å². The van der Waals surface area contributed by atoms with E-state index in [0.717, 1.165) is 50.5 Å². The van der Waals surface area contributed by atoms with E-state index in [1.54, 1.807) is 0 Å². The third-order valence-electron chi connectivity index (χ3n) is 5.04. The molecule has 4 heterocycles. The number of hydrogen-bond donors (Lipinski definition) is 0. The highest BCUT2D eigenvalue weighted by atomic mass is 16.5. The molecular formula is C20H25N3O2. The molecular weight excluding hydrogens is 314 g/mol. The summed E-state index contributed by atoms with van der Waals surface area (Å²) in [4.78, 5) is 11.0. The summed E-state index contributed by atoms with van der Waals surface area (Å²) in [5.74, 6) is 0. The van der Waals surface area contributed by atoms with Gasteiger partial charge < -0.3 is 9.47 Å². The Labute approximate surface area is 149 Å². The summed E-state index contributed by atoms with van der Waals surface area (Å²) in [6.07, 6.45) is 5.92. The zero-order chi connectivity index (χ0) is 17.1. The summed E-state index contributed by atoms with van der Waals surface area (Å²) >= 11 is 0. The van der Waals surface area contributed by atoms with E-state index in [1.807, 2.05) is 37.5 Å². The number of rotatable bonds is 5. The normalized spacial score (nSPS) is 22.7. The van der Waals surface area contributed by atoms with Gasteiger partial charge in [0.1, 0.15) is 0 Å². The molecule has 25 heavy (non-hydrogen) atoms. The Bertz CT molecular complexity index is 701. The van der Waals surface area contributed by atoms with Gasteiger partial charge in [-0.2, -0.15) is 0 Å². The van der Waals surface area contributed by atoms with E-state index in [9.17, 15) is 0 Å². The van der Waals surface area contributed by atoms with Gasteiger partial charge in [-0.25, -0.2) is 0 Å². The maximum atomic E-state index is 6.14. The van der Waals surface area contributed by atoms with E-state index in [2.05, 4.69) is 27.0 Å². The molecule has 0 aromatic carbocycles. The van der Waals surface area contributed by atoms with Gasteiger partial charge in [0.2, 0.25) is 0 Å². The molecule has 0 amide bonds. The van der Waals surface area contributed by atoms with Crippen molar-refractivity contribution in [3.63, 3.8) is 0 Å². The number of pyridine rings is 2. The lowest BCUT2D eigenvalue weighted by Gasteiger charge is -2.53. The lowest BCUT2D eigenvalue weighted by atomic mass is 9.84. The van der Waals surface area contributed by atoms with Crippen LogP contribution in [-0.4, -0.2) is 46.3 Å². The van der Waals surface area contributed by atoms with Crippen LogP contribution in [-0.2, 0) is 22.6 Å². The zero-order valence-electron chi connectivity index (χ0n) is 14.7. The molecule has 2 aliphatic heterocycles. The molecule has 2 aromatic heterocycles. The van der Waals surface area contributed by atoms with Crippen molar-refractivity contribution < 1.29 is 9.47 Å². The summed E-state index contributed by atoms with van der Waals surface area (Å²) in [6, 6.07) is 10.2. The maximum Gasteiger partial charge on any atom is 0.0959 e. The van der Waals surface area contributed by atoms with Crippen LogP contribution < -0.4 is 0 Å². The van der Waals surface area contributed by atoms with Crippen LogP contribution in [0.1, 0.15) is 29.8 Å². The molecule has 0 radical (unpaired) electrons. The van der Waals surface area contributed by atoms with Crippen LogP contribution >= 0.6 is 0 Å². The molecule has 5 nitrogen and oxygen atoms in total. The fourth-order valence-electron chi connectivity index (χ4n) is 3.86. The fourth-order valence-corrected chi connectivity index (χ4v) is 3.86. The second kappa shape index (κ2) is 7.20. The molecule has 0 aliphatic carbocycles. The van der Waals surface area contributed by atoms with E-state index in [0.29, 0.717) is 6.61 Å². The molecule has 0 bridgehead atoms. The smallest absolute Gasteiger partial charge is 0.0959 e. The summed E-state index contributed by atoms with van der Waals surface area (Å²) in [5, 5.41) is 0. The van der Waals surface area contributed by atoms with Gasteiger partial charge in [-0.1, -0.05) is 6.07 Å². The topological polar surface area (TPSA) is 47.5 Å². The number of nitrogens with zero attached hydrogens (tertiary/aromatic N) is 3. The predicted molar refractivity (Wildman–Crippen MR) is 95.0 cm³/mol. The van der Waals surface area contributed by atoms with Gasteiger partial charge in [-0.3, -0.25) is 14.9 Å². The molecule has 2 aromatic rings. The van der Waals surface area contributed by atoms with Crippen LogP contribution in [0.15, 0.2) is 42.7 Å². The van der Waals surface area contributed by atoms with E-state index >= 15 is 0 Å².